The van der Waals surface area contributed by atoms with E-state index in [4.69, 9.17) is 0 Å². The summed E-state index contributed by atoms with van der Waals surface area (Å²) in [7, 11) is 0. The maximum absolute atomic E-state index is 13.9. The van der Waals surface area contributed by atoms with E-state index in [2.05, 4.69) is 21.2 Å². The summed E-state index contributed by atoms with van der Waals surface area (Å²) in [5.41, 5.74) is 2.33. The van der Waals surface area contributed by atoms with Gasteiger partial charge in [0, 0.05) is 27.1 Å². The number of para-hydroxylation sites is 1. The SMILES string of the molecule is Cc1cc(N2C(=O)c3cc4ccccc4n3C[C@]2(C)C(=O)NC2CCCC2)ccc1Br. The molecule has 3 aromatic rings. The second-order valence-corrected chi connectivity index (χ2v) is 9.83. The monoisotopic (exact) mass is 479 g/mol. The summed E-state index contributed by atoms with van der Waals surface area (Å²) < 4.78 is 2.99. The number of hydrogen-bond donors (Lipinski definition) is 1. The van der Waals surface area contributed by atoms with Gasteiger partial charge in [-0.2, -0.15) is 0 Å². The molecule has 160 valence electrons. The molecule has 5 nitrogen and oxygen atoms in total. The van der Waals surface area contributed by atoms with Crippen molar-refractivity contribution in [3.05, 3.63) is 64.3 Å². The zero-order chi connectivity index (χ0) is 21.8. The van der Waals surface area contributed by atoms with E-state index in [0.717, 1.165) is 52.3 Å². The highest BCUT2D eigenvalue weighted by atomic mass is 79.9. The van der Waals surface area contributed by atoms with Crippen molar-refractivity contribution in [2.45, 2.75) is 57.7 Å². The number of amides is 2. The van der Waals surface area contributed by atoms with Crippen LogP contribution < -0.4 is 10.2 Å². The number of halogens is 1. The number of fused-ring (bicyclic) bond motifs is 3. The molecule has 0 saturated heterocycles. The predicted octanol–water partition coefficient (Wildman–Crippen LogP) is 5.19. The summed E-state index contributed by atoms with van der Waals surface area (Å²) in [5.74, 6) is -0.231. The van der Waals surface area contributed by atoms with Crippen LogP contribution in [0.15, 0.2) is 53.0 Å². The Labute approximate surface area is 190 Å². The highest BCUT2D eigenvalue weighted by molar-refractivity contribution is 9.10. The molecule has 6 heteroatoms. The molecular weight excluding hydrogens is 454 g/mol. The lowest BCUT2D eigenvalue weighted by Crippen LogP contribution is -2.65. The minimum Gasteiger partial charge on any atom is -0.351 e. The van der Waals surface area contributed by atoms with Crippen LogP contribution >= 0.6 is 15.9 Å². The lowest BCUT2D eigenvalue weighted by molar-refractivity contribution is -0.127. The van der Waals surface area contributed by atoms with Gasteiger partial charge in [-0.1, -0.05) is 47.0 Å². The molecule has 5 rings (SSSR count). The number of carbonyl (C=O) groups excluding carboxylic acids is 2. The first-order chi connectivity index (χ1) is 14.9. The molecule has 31 heavy (non-hydrogen) atoms. The van der Waals surface area contributed by atoms with E-state index in [0.29, 0.717) is 12.2 Å². The van der Waals surface area contributed by atoms with Crippen molar-refractivity contribution in [2.24, 2.45) is 0 Å². The second kappa shape index (κ2) is 7.52. The van der Waals surface area contributed by atoms with E-state index in [1.54, 1.807) is 4.90 Å². The van der Waals surface area contributed by atoms with Gasteiger partial charge in [0.2, 0.25) is 5.91 Å². The summed E-state index contributed by atoms with van der Waals surface area (Å²) in [6.07, 6.45) is 4.29. The number of aromatic nitrogens is 1. The molecule has 1 fully saturated rings. The minimum absolute atomic E-state index is 0.0863. The van der Waals surface area contributed by atoms with Crippen LogP contribution in [0.2, 0.25) is 0 Å². The lowest BCUT2D eigenvalue weighted by atomic mass is 9.93. The third kappa shape index (κ3) is 3.28. The molecule has 2 aliphatic rings. The number of anilines is 1. The van der Waals surface area contributed by atoms with E-state index in [-0.39, 0.29) is 17.9 Å². The smallest absolute Gasteiger partial charge is 0.275 e. The maximum Gasteiger partial charge on any atom is 0.275 e. The van der Waals surface area contributed by atoms with Gasteiger partial charge < -0.3 is 9.88 Å². The molecule has 1 aliphatic heterocycles. The molecule has 0 bridgehead atoms. The average Bonchev–Trinajstić information content (AvgIpc) is 3.38. The van der Waals surface area contributed by atoms with Gasteiger partial charge in [-0.25, -0.2) is 0 Å². The number of benzene rings is 2. The largest absolute Gasteiger partial charge is 0.351 e. The van der Waals surface area contributed by atoms with Crippen molar-refractivity contribution in [2.75, 3.05) is 4.90 Å². The Kier molecular flexibility index (Phi) is 4.93. The number of nitrogens with zero attached hydrogens (tertiary/aromatic N) is 2. The van der Waals surface area contributed by atoms with Crippen molar-refractivity contribution >= 4 is 44.3 Å². The van der Waals surface area contributed by atoms with Gasteiger partial charge in [0.05, 0.1) is 6.54 Å². The number of aryl methyl sites for hydroxylation is 1. The van der Waals surface area contributed by atoms with Crippen molar-refractivity contribution in [3.63, 3.8) is 0 Å². The molecule has 0 unspecified atom stereocenters. The van der Waals surface area contributed by atoms with E-state index in [1.165, 1.54) is 0 Å². The molecule has 2 amide bonds. The Morgan fingerprint density at radius 1 is 1.13 bits per heavy atom. The van der Waals surface area contributed by atoms with Crippen molar-refractivity contribution in [1.82, 2.24) is 9.88 Å². The van der Waals surface area contributed by atoms with Crippen LogP contribution in [0.1, 0.15) is 48.7 Å². The molecule has 1 aromatic heterocycles. The third-order valence-corrected chi connectivity index (χ3v) is 7.66. The Balaban J connectivity index is 1.65. The summed E-state index contributed by atoms with van der Waals surface area (Å²) in [6, 6.07) is 15.9. The zero-order valence-corrected chi connectivity index (χ0v) is 19.4. The van der Waals surface area contributed by atoms with Gasteiger partial charge >= 0.3 is 0 Å². The van der Waals surface area contributed by atoms with Crippen molar-refractivity contribution < 1.29 is 9.59 Å². The van der Waals surface area contributed by atoms with Gasteiger partial charge in [0.25, 0.3) is 5.91 Å². The summed E-state index contributed by atoms with van der Waals surface area (Å²) in [6.45, 7) is 4.30. The molecule has 2 heterocycles. The Bertz CT molecular complexity index is 1190. The fraction of sp³-hybridized carbons (Fsp3) is 0.360. The summed E-state index contributed by atoms with van der Waals surface area (Å²) in [4.78, 5) is 29.3. The van der Waals surface area contributed by atoms with E-state index in [9.17, 15) is 9.59 Å². The molecule has 0 radical (unpaired) electrons. The molecular formula is C25H26BrN3O2. The van der Waals surface area contributed by atoms with Crippen LogP contribution in [0, 0.1) is 6.92 Å². The van der Waals surface area contributed by atoms with Gasteiger partial charge in [0.1, 0.15) is 11.2 Å². The third-order valence-electron chi connectivity index (χ3n) is 6.77. The van der Waals surface area contributed by atoms with Crippen LogP contribution in [0.5, 0.6) is 0 Å². The normalized spacial score (nSPS) is 21.5. The molecule has 1 aliphatic carbocycles. The van der Waals surface area contributed by atoms with Gasteiger partial charge in [-0.3, -0.25) is 14.5 Å². The first-order valence-electron chi connectivity index (χ1n) is 10.9. The molecule has 2 aromatic carbocycles. The maximum atomic E-state index is 13.9. The van der Waals surface area contributed by atoms with Crippen molar-refractivity contribution in [3.8, 4) is 0 Å². The first-order valence-corrected chi connectivity index (χ1v) is 11.7. The second-order valence-electron chi connectivity index (χ2n) is 8.98. The Morgan fingerprint density at radius 2 is 1.87 bits per heavy atom. The summed E-state index contributed by atoms with van der Waals surface area (Å²) >= 11 is 3.55. The van der Waals surface area contributed by atoms with Gasteiger partial charge in [-0.05, 0) is 62.6 Å². The summed E-state index contributed by atoms with van der Waals surface area (Å²) in [5, 5.41) is 4.26. The number of carbonyl (C=O) groups is 2. The minimum atomic E-state index is -1.03. The lowest BCUT2D eigenvalue weighted by Gasteiger charge is -2.44. The van der Waals surface area contributed by atoms with Crippen LogP contribution in [0.25, 0.3) is 10.9 Å². The number of rotatable bonds is 3. The molecule has 1 saturated carbocycles. The van der Waals surface area contributed by atoms with E-state index in [1.807, 2.05) is 66.9 Å². The standard InChI is InChI=1S/C25H26BrN3O2/c1-16-13-19(11-12-20(16)26)29-23(30)22-14-17-7-3-6-10-21(17)28(22)15-25(29,2)24(31)27-18-8-4-5-9-18/h3,6-7,10-14,18H,4-5,8-9,15H2,1-2H3,(H,27,31)/t25-/m1/s1. The van der Waals surface area contributed by atoms with E-state index >= 15 is 0 Å². The Hall–Kier alpha value is -2.60. The van der Waals surface area contributed by atoms with Gasteiger partial charge in [-0.15, -0.1) is 0 Å². The van der Waals surface area contributed by atoms with E-state index < -0.39 is 5.54 Å². The highest BCUT2D eigenvalue weighted by Crippen LogP contribution is 2.37. The zero-order valence-electron chi connectivity index (χ0n) is 17.8. The number of nitrogens with one attached hydrogen (secondary N) is 1. The molecule has 1 N–H and O–H groups in total. The van der Waals surface area contributed by atoms with Crippen LogP contribution in [-0.2, 0) is 11.3 Å². The first kappa shape index (κ1) is 20.3. The van der Waals surface area contributed by atoms with Crippen LogP contribution in [0.4, 0.5) is 5.69 Å². The topological polar surface area (TPSA) is 54.3 Å². The highest BCUT2D eigenvalue weighted by Gasteiger charge is 2.49. The molecule has 1 atom stereocenters. The van der Waals surface area contributed by atoms with Crippen molar-refractivity contribution in [1.29, 1.82) is 0 Å². The average molecular weight is 480 g/mol. The van der Waals surface area contributed by atoms with Crippen LogP contribution in [0.3, 0.4) is 0 Å². The van der Waals surface area contributed by atoms with Crippen LogP contribution in [-0.4, -0.2) is 28.0 Å². The Morgan fingerprint density at radius 3 is 2.61 bits per heavy atom. The fourth-order valence-corrected chi connectivity index (χ4v) is 5.28. The quantitative estimate of drug-likeness (QED) is 0.561. The molecule has 0 spiro atoms. The predicted molar refractivity (Wildman–Crippen MR) is 126 cm³/mol. The van der Waals surface area contributed by atoms with Gasteiger partial charge in [0.15, 0.2) is 0 Å². The fourth-order valence-electron chi connectivity index (χ4n) is 5.03. The number of hydrogen-bond acceptors (Lipinski definition) is 2.